The van der Waals surface area contributed by atoms with Crippen molar-refractivity contribution in [2.75, 3.05) is 6.54 Å². The Morgan fingerprint density at radius 3 is 3.00 bits per heavy atom. The summed E-state index contributed by atoms with van der Waals surface area (Å²) < 4.78 is 0. The molecule has 0 spiro atoms. The van der Waals surface area contributed by atoms with Crippen LogP contribution in [0, 0.1) is 6.26 Å². The van der Waals surface area contributed by atoms with Crippen molar-refractivity contribution in [3.05, 3.63) is 6.26 Å². The van der Waals surface area contributed by atoms with E-state index in [1.54, 1.807) is 0 Å². The number of aliphatic imine (C=N–C) groups is 1. The molecule has 0 aromatic carbocycles. The second kappa shape index (κ2) is 2.84. The van der Waals surface area contributed by atoms with E-state index >= 15 is 0 Å². The molecule has 0 unspecified atom stereocenters. The molecule has 0 aliphatic carbocycles. The van der Waals surface area contributed by atoms with Gasteiger partial charge in [-0.05, 0) is 0 Å². The van der Waals surface area contributed by atoms with Crippen LogP contribution >= 0.6 is 11.8 Å². The molecule has 1 amide bonds. The molecular formula is C4H6N3OS. The first kappa shape index (κ1) is 6.57. The molecule has 0 saturated carbocycles. The molecule has 1 heterocycles. The highest BCUT2D eigenvalue weighted by Crippen LogP contribution is 1.98. The zero-order chi connectivity index (χ0) is 6.69. The number of hydrogen-bond donors (Lipinski definition) is 2. The van der Waals surface area contributed by atoms with Crippen LogP contribution in [0.5, 0.6) is 0 Å². The van der Waals surface area contributed by atoms with Crippen LogP contribution in [0.3, 0.4) is 0 Å². The number of carbonyl (C=O) groups excluding carboxylic acids is 1. The molecule has 5 heteroatoms. The predicted molar refractivity (Wildman–Crippen MR) is 36.5 cm³/mol. The first-order chi connectivity index (χ1) is 4.33. The van der Waals surface area contributed by atoms with Crippen molar-refractivity contribution in [2.45, 2.75) is 0 Å². The highest BCUT2D eigenvalue weighted by atomic mass is 32.2. The SMILES string of the molecule is [CH2]SC1=NC(=O)CNN1. The Kier molecular flexibility index (Phi) is 2.07. The van der Waals surface area contributed by atoms with Gasteiger partial charge >= 0.3 is 0 Å². The highest BCUT2D eigenvalue weighted by Gasteiger charge is 2.07. The Hall–Kier alpha value is -0.550. The van der Waals surface area contributed by atoms with Gasteiger partial charge in [0.2, 0.25) is 0 Å². The summed E-state index contributed by atoms with van der Waals surface area (Å²) >= 11 is 1.16. The van der Waals surface area contributed by atoms with Crippen LogP contribution in [0.2, 0.25) is 0 Å². The van der Waals surface area contributed by atoms with Gasteiger partial charge in [-0.2, -0.15) is 4.99 Å². The lowest BCUT2D eigenvalue weighted by atomic mass is 10.6. The normalized spacial score (nSPS) is 18.8. The molecule has 1 radical (unpaired) electrons. The van der Waals surface area contributed by atoms with Gasteiger partial charge in [0.25, 0.3) is 5.91 Å². The Balaban J connectivity index is 2.59. The Bertz CT molecular complexity index is 156. The van der Waals surface area contributed by atoms with E-state index in [2.05, 4.69) is 22.1 Å². The summed E-state index contributed by atoms with van der Waals surface area (Å²) in [4.78, 5) is 14.1. The number of carbonyl (C=O) groups is 1. The molecule has 0 aromatic heterocycles. The lowest BCUT2D eigenvalue weighted by molar-refractivity contribution is -0.117. The molecule has 0 bridgehead atoms. The van der Waals surface area contributed by atoms with Crippen molar-refractivity contribution < 1.29 is 4.79 Å². The van der Waals surface area contributed by atoms with E-state index in [0.717, 1.165) is 11.8 Å². The molecular weight excluding hydrogens is 138 g/mol. The molecule has 0 fully saturated rings. The Labute approximate surface area is 57.1 Å². The van der Waals surface area contributed by atoms with Gasteiger partial charge in [0.1, 0.15) is 0 Å². The van der Waals surface area contributed by atoms with Gasteiger partial charge in [-0.25, -0.2) is 5.43 Å². The van der Waals surface area contributed by atoms with E-state index in [-0.39, 0.29) is 12.5 Å². The number of nitrogens with zero attached hydrogens (tertiary/aromatic N) is 1. The number of hydrazine groups is 1. The van der Waals surface area contributed by atoms with Crippen molar-refractivity contribution in [3.8, 4) is 0 Å². The summed E-state index contributed by atoms with van der Waals surface area (Å²) in [6.45, 7) is 0.254. The molecule has 0 aromatic rings. The minimum atomic E-state index is -0.167. The van der Waals surface area contributed by atoms with Crippen molar-refractivity contribution in [1.29, 1.82) is 0 Å². The Morgan fingerprint density at radius 2 is 2.56 bits per heavy atom. The zero-order valence-corrected chi connectivity index (χ0v) is 5.49. The maximum atomic E-state index is 10.5. The quantitative estimate of drug-likeness (QED) is 0.481. The van der Waals surface area contributed by atoms with Crippen LogP contribution in [-0.2, 0) is 4.79 Å². The molecule has 0 atom stereocenters. The predicted octanol–water partition coefficient (Wildman–Crippen LogP) is -0.498. The fourth-order valence-corrected chi connectivity index (χ4v) is 0.755. The number of amides is 1. The maximum Gasteiger partial charge on any atom is 0.263 e. The molecule has 9 heavy (non-hydrogen) atoms. The van der Waals surface area contributed by atoms with Gasteiger partial charge in [-0.3, -0.25) is 10.2 Å². The largest absolute Gasteiger partial charge is 0.300 e. The summed E-state index contributed by atoms with van der Waals surface area (Å²) in [6.07, 6.45) is 3.47. The minimum Gasteiger partial charge on any atom is -0.300 e. The molecule has 49 valence electrons. The van der Waals surface area contributed by atoms with E-state index in [1.807, 2.05) is 0 Å². The third-order valence-electron chi connectivity index (χ3n) is 0.798. The first-order valence-corrected chi connectivity index (χ1v) is 3.34. The third kappa shape index (κ3) is 1.69. The standard InChI is InChI=1S/C4H6N3OS/c1-9-4-6-3(8)2-5-7-4/h5H,1-2H2,(H,6,7,8). The van der Waals surface area contributed by atoms with Gasteiger partial charge in [-0.15, -0.1) is 0 Å². The summed E-state index contributed by atoms with van der Waals surface area (Å²) in [7, 11) is 0. The van der Waals surface area contributed by atoms with E-state index in [0.29, 0.717) is 5.17 Å². The highest BCUT2D eigenvalue weighted by molar-refractivity contribution is 8.14. The average molecular weight is 144 g/mol. The fourth-order valence-electron chi connectivity index (χ4n) is 0.445. The zero-order valence-electron chi connectivity index (χ0n) is 4.68. The molecule has 2 N–H and O–H groups in total. The molecule has 0 saturated heterocycles. The van der Waals surface area contributed by atoms with Crippen LogP contribution in [0.15, 0.2) is 4.99 Å². The Morgan fingerprint density at radius 1 is 1.78 bits per heavy atom. The third-order valence-corrected chi connectivity index (χ3v) is 1.26. The maximum absolute atomic E-state index is 10.5. The summed E-state index contributed by atoms with van der Waals surface area (Å²) in [5.74, 6) is -0.167. The number of thioether (sulfide) groups is 1. The monoisotopic (exact) mass is 144 g/mol. The van der Waals surface area contributed by atoms with Crippen molar-refractivity contribution in [3.63, 3.8) is 0 Å². The molecule has 1 aliphatic rings. The number of nitrogens with one attached hydrogen (secondary N) is 2. The topological polar surface area (TPSA) is 53.5 Å². The van der Waals surface area contributed by atoms with Crippen molar-refractivity contribution >= 4 is 22.8 Å². The molecule has 4 nitrogen and oxygen atoms in total. The van der Waals surface area contributed by atoms with Gasteiger partial charge in [0, 0.05) is 6.26 Å². The van der Waals surface area contributed by atoms with Gasteiger partial charge in [0.05, 0.1) is 6.54 Å². The number of hydrogen-bond acceptors (Lipinski definition) is 4. The second-order valence-corrected chi connectivity index (χ2v) is 2.11. The fraction of sp³-hybridized carbons (Fsp3) is 0.250. The van der Waals surface area contributed by atoms with E-state index in [9.17, 15) is 4.79 Å². The van der Waals surface area contributed by atoms with E-state index in [1.165, 1.54) is 0 Å². The lowest BCUT2D eigenvalue weighted by Gasteiger charge is -2.11. The van der Waals surface area contributed by atoms with Crippen LogP contribution < -0.4 is 10.9 Å². The summed E-state index contributed by atoms with van der Waals surface area (Å²) in [5, 5.41) is 0.520. The van der Waals surface area contributed by atoms with Gasteiger partial charge in [-0.1, -0.05) is 11.8 Å². The van der Waals surface area contributed by atoms with Crippen LogP contribution in [0.1, 0.15) is 0 Å². The summed E-state index contributed by atoms with van der Waals surface area (Å²) in [5.41, 5.74) is 5.32. The average Bonchev–Trinajstić information content (AvgIpc) is 1.88. The van der Waals surface area contributed by atoms with Crippen LogP contribution in [0.4, 0.5) is 0 Å². The summed E-state index contributed by atoms with van der Waals surface area (Å²) in [6, 6.07) is 0. The minimum absolute atomic E-state index is 0.167. The van der Waals surface area contributed by atoms with Gasteiger partial charge < -0.3 is 0 Å². The lowest BCUT2D eigenvalue weighted by Crippen LogP contribution is -2.43. The van der Waals surface area contributed by atoms with E-state index in [4.69, 9.17) is 0 Å². The van der Waals surface area contributed by atoms with Crippen LogP contribution in [-0.4, -0.2) is 17.6 Å². The number of amidine groups is 1. The van der Waals surface area contributed by atoms with Gasteiger partial charge in [0.15, 0.2) is 5.17 Å². The molecule has 1 rings (SSSR count). The van der Waals surface area contributed by atoms with Crippen molar-refractivity contribution in [1.82, 2.24) is 10.9 Å². The first-order valence-electron chi connectivity index (χ1n) is 2.35. The second-order valence-electron chi connectivity index (χ2n) is 1.43. The molecule has 1 aliphatic heterocycles. The van der Waals surface area contributed by atoms with Crippen molar-refractivity contribution in [2.24, 2.45) is 4.99 Å². The van der Waals surface area contributed by atoms with E-state index < -0.39 is 0 Å². The number of rotatable bonds is 0. The smallest absolute Gasteiger partial charge is 0.263 e. The van der Waals surface area contributed by atoms with Crippen LogP contribution in [0.25, 0.3) is 0 Å².